The second-order valence-corrected chi connectivity index (χ2v) is 7.26. The molecule has 0 aliphatic heterocycles. The van der Waals surface area contributed by atoms with Gasteiger partial charge < -0.3 is 4.74 Å². The zero-order valence-corrected chi connectivity index (χ0v) is 14.1. The molecule has 0 bridgehead atoms. The lowest BCUT2D eigenvalue weighted by Gasteiger charge is -2.11. The van der Waals surface area contributed by atoms with Crippen LogP contribution in [0, 0.1) is 11.6 Å². The smallest absolute Gasteiger partial charge is 0.206 e. The number of ether oxygens (including phenoxy) is 1. The van der Waals surface area contributed by atoms with Gasteiger partial charge in [0, 0.05) is 11.6 Å². The van der Waals surface area contributed by atoms with E-state index in [-0.39, 0.29) is 21.1 Å². The fourth-order valence-corrected chi connectivity index (χ4v) is 3.81. The Hall–Kier alpha value is -2.73. The molecule has 128 valence electrons. The highest BCUT2D eigenvalue weighted by Gasteiger charge is 2.18. The van der Waals surface area contributed by atoms with Crippen LogP contribution in [0.2, 0.25) is 0 Å². The van der Waals surface area contributed by atoms with Crippen LogP contribution in [0.3, 0.4) is 0 Å². The molecule has 0 aliphatic carbocycles. The van der Waals surface area contributed by atoms with Gasteiger partial charge in [-0.15, -0.1) is 0 Å². The number of hydrogen-bond donors (Lipinski definition) is 0. The Morgan fingerprint density at radius 3 is 2.04 bits per heavy atom. The van der Waals surface area contributed by atoms with Crippen molar-refractivity contribution in [2.75, 3.05) is 7.11 Å². The lowest BCUT2D eigenvalue weighted by Crippen LogP contribution is -2.01. The fourth-order valence-electron chi connectivity index (χ4n) is 2.53. The van der Waals surface area contributed by atoms with Crippen molar-refractivity contribution in [2.24, 2.45) is 0 Å². The number of halogens is 2. The van der Waals surface area contributed by atoms with Crippen molar-refractivity contribution in [2.45, 2.75) is 9.79 Å². The molecule has 25 heavy (non-hydrogen) atoms. The predicted molar refractivity (Wildman–Crippen MR) is 90.2 cm³/mol. The van der Waals surface area contributed by atoms with E-state index in [4.69, 9.17) is 4.74 Å². The lowest BCUT2D eigenvalue weighted by atomic mass is 10.0. The Morgan fingerprint density at radius 2 is 1.44 bits per heavy atom. The van der Waals surface area contributed by atoms with E-state index in [1.807, 2.05) is 0 Å². The quantitative estimate of drug-likeness (QED) is 0.689. The van der Waals surface area contributed by atoms with Crippen LogP contribution in [0.25, 0.3) is 11.1 Å². The highest BCUT2D eigenvalue weighted by molar-refractivity contribution is 7.91. The molecule has 0 atom stereocenters. The minimum absolute atomic E-state index is 0.0956. The summed E-state index contributed by atoms with van der Waals surface area (Å²) >= 11 is 0. The second-order valence-electron chi connectivity index (χ2n) is 5.31. The molecule has 3 nitrogen and oxygen atoms in total. The average molecular weight is 360 g/mol. The van der Waals surface area contributed by atoms with Crippen molar-refractivity contribution in [1.29, 1.82) is 0 Å². The fraction of sp³-hybridized carbons (Fsp3) is 0.0526. The zero-order valence-electron chi connectivity index (χ0n) is 13.2. The molecular formula is C19H14F2O3S. The van der Waals surface area contributed by atoms with Crippen molar-refractivity contribution in [3.8, 4) is 16.9 Å². The summed E-state index contributed by atoms with van der Waals surface area (Å²) in [4.78, 5) is 0.274. The Kier molecular flexibility index (Phi) is 4.55. The molecule has 0 aromatic heterocycles. The molecular weight excluding hydrogens is 346 g/mol. The van der Waals surface area contributed by atoms with Crippen LogP contribution < -0.4 is 4.74 Å². The molecule has 0 aliphatic rings. The summed E-state index contributed by atoms with van der Waals surface area (Å²) in [5.74, 6) is -1.66. The molecule has 0 saturated carbocycles. The molecule has 0 fully saturated rings. The van der Waals surface area contributed by atoms with Crippen molar-refractivity contribution >= 4 is 9.84 Å². The summed E-state index contributed by atoms with van der Waals surface area (Å²) < 4.78 is 57.5. The van der Waals surface area contributed by atoms with Crippen LogP contribution in [-0.4, -0.2) is 15.5 Å². The maximum Gasteiger partial charge on any atom is 0.206 e. The van der Waals surface area contributed by atoms with Crippen LogP contribution in [0.5, 0.6) is 5.75 Å². The van der Waals surface area contributed by atoms with Gasteiger partial charge in [0.2, 0.25) is 9.84 Å². The molecule has 0 radical (unpaired) electrons. The monoisotopic (exact) mass is 360 g/mol. The second kappa shape index (κ2) is 6.64. The summed E-state index contributed by atoms with van der Waals surface area (Å²) in [5, 5.41) is 0. The predicted octanol–water partition coefficient (Wildman–Crippen LogP) is 4.47. The van der Waals surface area contributed by atoms with Gasteiger partial charge in [-0.25, -0.2) is 17.2 Å². The standard InChI is InChI=1S/C19H14F2O3S/c1-24-19-17(11-14(20)12-18(19)21)13-7-9-16(10-8-13)25(22,23)15-5-3-2-4-6-15/h2-12H,1H3. The summed E-state index contributed by atoms with van der Waals surface area (Å²) in [6.07, 6.45) is 0. The maximum absolute atomic E-state index is 13.8. The van der Waals surface area contributed by atoms with Crippen LogP contribution >= 0.6 is 0 Å². The molecule has 3 rings (SSSR count). The third kappa shape index (κ3) is 3.25. The van der Waals surface area contributed by atoms with E-state index in [1.54, 1.807) is 18.2 Å². The van der Waals surface area contributed by atoms with Gasteiger partial charge in [-0.3, -0.25) is 0 Å². The number of benzene rings is 3. The topological polar surface area (TPSA) is 43.4 Å². The van der Waals surface area contributed by atoms with E-state index >= 15 is 0 Å². The van der Waals surface area contributed by atoms with Crippen molar-refractivity contribution in [3.63, 3.8) is 0 Å². The largest absolute Gasteiger partial charge is 0.493 e. The average Bonchev–Trinajstić information content (AvgIpc) is 2.62. The molecule has 3 aromatic rings. The molecule has 6 heteroatoms. The first-order valence-corrected chi connectivity index (χ1v) is 8.85. The van der Waals surface area contributed by atoms with Gasteiger partial charge in [-0.1, -0.05) is 30.3 Å². The molecule has 0 amide bonds. The van der Waals surface area contributed by atoms with Gasteiger partial charge in [-0.2, -0.15) is 0 Å². The van der Waals surface area contributed by atoms with Gasteiger partial charge in [0.25, 0.3) is 0 Å². The third-order valence-electron chi connectivity index (χ3n) is 3.74. The van der Waals surface area contributed by atoms with Crippen LogP contribution in [0.15, 0.2) is 76.5 Å². The molecule has 0 saturated heterocycles. The Morgan fingerprint density at radius 1 is 0.840 bits per heavy atom. The highest BCUT2D eigenvalue weighted by atomic mass is 32.2. The first kappa shape index (κ1) is 17.1. The van der Waals surface area contributed by atoms with Crippen molar-refractivity contribution in [3.05, 3.63) is 78.4 Å². The minimum Gasteiger partial charge on any atom is -0.493 e. The van der Waals surface area contributed by atoms with E-state index in [0.717, 1.165) is 12.1 Å². The first-order chi connectivity index (χ1) is 11.9. The van der Waals surface area contributed by atoms with Crippen LogP contribution in [0.1, 0.15) is 0 Å². The Balaban J connectivity index is 2.05. The van der Waals surface area contributed by atoms with Crippen molar-refractivity contribution < 1.29 is 21.9 Å². The number of hydrogen-bond acceptors (Lipinski definition) is 3. The third-order valence-corrected chi connectivity index (χ3v) is 5.53. The van der Waals surface area contributed by atoms with E-state index in [2.05, 4.69) is 0 Å². The highest BCUT2D eigenvalue weighted by Crippen LogP contribution is 2.34. The van der Waals surface area contributed by atoms with E-state index in [1.165, 1.54) is 43.5 Å². The Bertz CT molecular complexity index is 999. The number of sulfone groups is 1. The van der Waals surface area contributed by atoms with Crippen LogP contribution in [0.4, 0.5) is 8.78 Å². The van der Waals surface area contributed by atoms with E-state index in [9.17, 15) is 17.2 Å². The summed E-state index contributed by atoms with van der Waals surface area (Å²) in [7, 11) is -2.36. The maximum atomic E-state index is 13.8. The normalized spacial score (nSPS) is 11.3. The molecule has 0 unspecified atom stereocenters. The lowest BCUT2D eigenvalue weighted by molar-refractivity contribution is 0.386. The van der Waals surface area contributed by atoms with Crippen LogP contribution in [-0.2, 0) is 9.84 Å². The van der Waals surface area contributed by atoms with Gasteiger partial charge >= 0.3 is 0 Å². The molecule has 0 N–H and O–H groups in total. The van der Waals surface area contributed by atoms with Crippen molar-refractivity contribution in [1.82, 2.24) is 0 Å². The molecule has 0 heterocycles. The molecule has 3 aromatic carbocycles. The van der Waals surface area contributed by atoms with Gasteiger partial charge in [0.1, 0.15) is 5.82 Å². The van der Waals surface area contributed by atoms with Gasteiger partial charge in [0.05, 0.1) is 16.9 Å². The molecule has 0 spiro atoms. The summed E-state index contributed by atoms with van der Waals surface area (Å²) in [6.45, 7) is 0. The number of rotatable bonds is 4. The zero-order chi connectivity index (χ0) is 18.0. The summed E-state index contributed by atoms with van der Waals surface area (Å²) in [5.41, 5.74) is 0.658. The SMILES string of the molecule is COc1c(F)cc(F)cc1-c1ccc(S(=O)(=O)c2ccccc2)cc1. The summed E-state index contributed by atoms with van der Waals surface area (Å²) in [6, 6.07) is 15.7. The first-order valence-electron chi connectivity index (χ1n) is 7.37. The minimum atomic E-state index is -3.65. The van der Waals surface area contributed by atoms with Gasteiger partial charge in [-0.05, 0) is 35.9 Å². The Labute approximate surface area is 144 Å². The number of methoxy groups -OCH3 is 1. The van der Waals surface area contributed by atoms with E-state index in [0.29, 0.717) is 5.56 Å². The van der Waals surface area contributed by atoms with Gasteiger partial charge in [0.15, 0.2) is 11.6 Å². The van der Waals surface area contributed by atoms with E-state index < -0.39 is 21.5 Å².